The Balaban J connectivity index is 2.97. The monoisotopic (exact) mass is 311 g/mol. The molecule has 5 nitrogen and oxygen atoms in total. The molecule has 112 valence electrons. The number of benzene rings is 1. The van der Waals surface area contributed by atoms with Gasteiger partial charge in [-0.15, -0.1) is 0 Å². The second-order valence-corrected chi connectivity index (χ2v) is 6.38. The second kappa shape index (κ2) is 5.70. The molecule has 1 aromatic carbocycles. The lowest BCUT2D eigenvalue weighted by atomic mass is 10.1. The average Bonchev–Trinajstić information content (AvgIpc) is 2.25. The number of alkyl halides is 3. The van der Waals surface area contributed by atoms with Crippen molar-refractivity contribution in [2.75, 3.05) is 23.9 Å². The molecule has 0 fully saturated rings. The topological polar surface area (TPSA) is 83.5 Å². The third kappa shape index (κ3) is 4.72. The predicted molar refractivity (Wildman–Crippen MR) is 66.6 cm³/mol. The second-order valence-electron chi connectivity index (χ2n) is 4.12. The predicted octanol–water partition coefficient (Wildman–Crippen LogP) is 1.86. The largest absolute Gasteiger partial charge is 0.478 e. The Hall–Kier alpha value is -1.77. The highest BCUT2D eigenvalue weighted by molar-refractivity contribution is 7.90. The van der Waals surface area contributed by atoms with Crippen LogP contribution in [0.4, 0.5) is 18.9 Å². The van der Waals surface area contributed by atoms with Crippen LogP contribution in [-0.2, 0) is 16.0 Å². The number of carbonyl (C=O) groups is 1. The van der Waals surface area contributed by atoms with E-state index in [0.29, 0.717) is 6.07 Å². The van der Waals surface area contributed by atoms with Gasteiger partial charge in [0.05, 0.1) is 16.9 Å². The van der Waals surface area contributed by atoms with Crippen molar-refractivity contribution in [1.82, 2.24) is 0 Å². The van der Waals surface area contributed by atoms with Crippen molar-refractivity contribution in [2.45, 2.75) is 6.18 Å². The first-order valence-corrected chi connectivity index (χ1v) is 7.43. The van der Waals surface area contributed by atoms with Crippen LogP contribution in [0.5, 0.6) is 0 Å². The summed E-state index contributed by atoms with van der Waals surface area (Å²) in [6, 6.07) is 2.53. The van der Waals surface area contributed by atoms with Gasteiger partial charge in [0.15, 0.2) is 0 Å². The summed E-state index contributed by atoms with van der Waals surface area (Å²) in [6.07, 6.45) is -3.75. The number of halogens is 3. The Morgan fingerprint density at radius 1 is 1.35 bits per heavy atom. The first-order chi connectivity index (χ1) is 9.00. The molecule has 0 aliphatic carbocycles. The van der Waals surface area contributed by atoms with Gasteiger partial charge in [-0.3, -0.25) is 0 Å². The molecule has 0 amide bonds. The highest BCUT2D eigenvalue weighted by Gasteiger charge is 2.35. The molecule has 0 radical (unpaired) electrons. The van der Waals surface area contributed by atoms with E-state index in [1.54, 1.807) is 0 Å². The maximum absolute atomic E-state index is 12.6. The number of hydrogen-bond donors (Lipinski definition) is 2. The van der Waals surface area contributed by atoms with Crippen LogP contribution in [0.3, 0.4) is 0 Å². The summed E-state index contributed by atoms with van der Waals surface area (Å²) in [6.45, 7) is -0.0245. The maximum Gasteiger partial charge on any atom is 0.417 e. The van der Waals surface area contributed by atoms with E-state index in [4.69, 9.17) is 5.11 Å². The number of aromatic carboxylic acids is 1. The van der Waals surface area contributed by atoms with Gasteiger partial charge in [-0.1, -0.05) is 0 Å². The Bertz CT molecular complexity index is 611. The molecule has 0 heterocycles. The molecular formula is C11H12F3NO4S. The van der Waals surface area contributed by atoms with Crippen LogP contribution in [0.15, 0.2) is 18.2 Å². The zero-order valence-corrected chi connectivity index (χ0v) is 11.2. The first kappa shape index (κ1) is 16.3. The summed E-state index contributed by atoms with van der Waals surface area (Å²) in [5.74, 6) is -1.92. The summed E-state index contributed by atoms with van der Waals surface area (Å²) in [7, 11) is -3.21. The Kier molecular flexibility index (Phi) is 4.64. The average molecular weight is 311 g/mol. The van der Waals surface area contributed by atoms with E-state index in [2.05, 4.69) is 5.32 Å². The summed E-state index contributed by atoms with van der Waals surface area (Å²) >= 11 is 0. The third-order valence-corrected chi connectivity index (χ3v) is 3.30. The van der Waals surface area contributed by atoms with Gasteiger partial charge in [0.1, 0.15) is 9.84 Å². The lowest BCUT2D eigenvalue weighted by Crippen LogP contribution is -2.16. The number of carboxylic acid groups (broad SMARTS) is 1. The lowest BCUT2D eigenvalue weighted by Gasteiger charge is -2.12. The Morgan fingerprint density at radius 3 is 2.40 bits per heavy atom. The highest BCUT2D eigenvalue weighted by Crippen LogP contribution is 2.33. The molecule has 9 heteroatoms. The molecule has 0 atom stereocenters. The quantitative estimate of drug-likeness (QED) is 0.867. The van der Waals surface area contributed by atoms with Crippen molar-refractivity contribution in [3.05, 3.63) is 29.3 Å². The van der Waals surface area contributed by atoms with Crippen molar-refractivity contribution in [2.24, 2.45) is 0 Å². The zero-order valence-electron chi connectivity index (χ0n) is 10.4. The minimum atomic E-state index is -4.76. The fourth-order valence-electron chi connectivity index (χ4n) is 1.46. The van der Waals surface area contributed by atoms with E-state index in [0.717, 1.165) is 18.4 Å². The van der Waals surface area contributed by atoms with Crippen molar-refractivity contribution >= 4 is 21.5 Å². The molecule has 0 unspecified atom stereocenters. The Morgan fingerprint density at radius 2 is 1.95 bits per heavy atom. The molecule has 0 saturated carbocycles. The standard InChI is InChI=1S/C11H12F3NO4S/c1-20(18,19)5-4-15-7-2-3-9(11(12,13)14)8(6-7)10(16)17/h2-3,6,15H,4-5H2,1H3,(H,16,17). The molecule has 1 rings (SSSR count). The van der Waals surface area contributed by atoms with Crippen molar-refractivity contribution in [3.63, 3.8) is 0 Å². The van der Waals surface area contributed by atoms with Gasteiger partial charge in [0.2, 0.25) is 0 Å². The molecule has 20 heavy (non-hydrogen) atoms. The van der Waals surface area contributed by atoms with Gasteiger partial charge < -0.3 is 10.4 Å². The SMILES string of the molecule is CS(=O)(=O)CCNc1ccc(C(F)(F)F)c(C(=O)O)c1. The fraction of sp³-hybridized carbons (Fsp3) is 0.364. The van der Waals surface area contributed by atoms with E-state index < -0.39 is 33.1 Å². The van der Waals surface area contributed by atoms with Crippen molar-refractivity contribution in [3.8, 4) is 0 Å². The third-order valence-electron chi connectivity index (χ3n) is 2.36. The zero-order chi connectivity index (χ0) is 15.6. The van der Waals surface area contributed by atoms with Gasteiger partial charge in [-0.25, -0.2) is 13.2 Å². The maximum atomic E-state index is 12.6. The number of nitrogens with one attached hydrogen (secondary N) is 1. The summed E-state index contributed by atoms with van der Waals surface area (Å²) in [4.78, 5) is 10.8. The number of sulfone groups is 1. The lowest BCUT2D eigenvalue weighted by molar-refractivity contribution is -0.138. The number of carboxylic acids is 1. The molecule has 0 aliphatic rings. The normalized spacial score (nSPS) is 12.2. The number of hydrogen-bond acceptors (Lipinski definition) is 4. The number of anilines is 1. The fourth-order valence-corrected chi connectivity index (χ4v) is 1.93. The summed E-state index contributed by atoms with van der Waals surface area (Å²) < 4.78 is 59.6. The summed E-state index contributed by atoms with van der Waals surface area (Å²) in [5, 5.41) is 11.3. The minimum Gasteiger partial charge on any atom is -0.478 e. The molecule has 0 spiro atoms. The number of rotatable bonds is 5. The van der Waals surface area contributed by atoms with Crippen LogP contribution in [0.1, 0.15) is 15.9 Å². The van der Waals surface area contributed by atoms with E-state index in [1.165, 1.54) is 0 Å². The van der Waals surface area contributed by atoms with E-state index in [1.807, 2.05) is 0 Å². The van der Waals surface area contributed by atoms with E-state index in [9.17, 15) is 26.4 Å². The van der Waals surface area contributed by atoms with Crippen LogP contribution in [0, 0.1) is 0 Å². The van der Waals surface area contributed by atoms with Crippen LogP contribution in [0.2, 0.25) is 0 Å². The molecular weight excluding hydrogens is 299 g/mol. The van der Waals surface area contributed by atoms with Crippen LogP contribution < -0.4 is 5.32 Å². The van der Waals surface area contributed by atoms with E-state index in [-0.39, 0.29) is 18.0 Å². The Labute approximate surface area is 113 Å². The molecule has 1 aromatic rings. The van der Waals surface area contributed by atoms with Gasteiger partial charge in [-0.2, -0.15) is 13.2 Å². The molecule has 2 N–H and O–H groups in total. The molecule has 0 saturated heterocycles. The van der Waals surface area contributed by atoms with Gasteiger partial charge >= 0.3 is 12.1 Å². The van der Waals surface area contributed by atoms with Crippen molar-refractivity contribution < 1.29 is 31.5 Å². The highest BCUT2D eigenvalue weighted by atomic mass is 32.2. The van der Waals surface area contributed by atoms with Gasteiger partial charge in [-0.05, 0) is 18.2 Å². The molecule has 0 bridgehead atoms. The smallest absolute Gasteiger partial charge is 0.417 e. The van der Waals surface area contributed by atoms with E-state index >= 15 is 0 Å². The molecule has 0 aliphatic heterocycles. The van der Waals surface area contributed by atoms with Crippen LogP contribution in [-0.4, -0.2) is 38.0 Å². The molecule has 0 aromatic heterocycles. The minimum absolute atomic E-state index is 0.0245. The van der Waals surface area contributed by atoms with Crippen LogP contribution in [0.25, 0.3) is 0 Å². The van der Waals surface area contributed by atoms with Gasteiger partial charge in [0.25, 0.3) is 0 Å². The summed E-state index contributed by atoms with van der Waals surface area (Å²) in [5.41, 5.74) is -2.03. The van der Waals surface area contributed by atoms with Gasteiger partial charge in [0, 0.05) is 18.5 Å². The first-order valence-electron chi connectivity index (χ1n) is 5.37. The van der Waals surface area contributed by atoms with Crippen molar-refractivity contribution in [1.29, 1.82) is 0 Å². The van der Waals surface area contributed by atoms with Crippen LogP contribution >= 0.6 is 0 Å².